The maximum absolute atomic E-state index is 14.1. The molecule has 6 atom stereocenters. The van der Waals surface area contributed by atoms with E-state index in [2.05, 4.69) is 74.4 Å². The van der Waals surface area contributed by atoms with Gasteiger partial charge < -0.3 is 34.2 Å². The molecule has 18 rings (SSSR count). The van der Waals surface area contributed by atoms with Gasteiger partial charge in [0.15, 0.2) is 17.1 Å². The number of imidazole rings is 2. The Kier molecular flexibility index (Phi) is 24.4. The number of hydrogen-bond donors (Lipinski definition) is 2. The van der Waals surface area contributed by atoms with Crippen LogP contribution in [0, 0.1) is 17.6 Å². The third kappa shape index (κ3) is 17.6. The molecule has 1 aliphatic carbocycles. The van der Waals surface area contributed by atoms with Crippen molar-refractivity contribution in [1.29, 1.82) is 0 Å². The minimum absolute atomic E-state index is 0. The maximum atomic E-state index is 14.1. The number of anilines is 3. The molecule has 2 unspecified atom stereocenters. The molecule has 568 valence electrons. The van der Waals surface area contributed by atoms with Gasteiger partial charge in [0.25, 0.3) is 0 Å². The fourth-order valence-corrected chi connectivity index (χ4v) is 16.2. The van der Waals surface area contributed by atoms with E-state index in [0.717, 1.165) is 167 Å². The first-order valence-corrected chi connectivity index (χ1v) is 37.4. The number of piperidine rings is 1. The van der Waals surface area contributed by atoms with E-state index in [-0.39, 0.29) is 110 Å². The van der Waals surface area contributed by atoms with E-state index < -0.39 is 48.3 Å². The second kappa shape index (κ2) is 34.8. The van der Waals surface area contributed by atoms with Gasteiger partial charge in [-0.1, -0.05) is 84.9 Å². The van der Waals surface area contributed by atoms with Crippen molar-refractivity contribution in [3.63, 3.8) is 0 Å². The zero-order valence-electron chi connectivity index (χ0n) is 61.4. The van der Waals surface area contributed by atoms with Crippen LogP contribution in [-0.4, -0.2) is 185 Å². The van der Waals surface area contributed by atoms with E-state index in [0.29, 0.717) is 49.4 Å². The molecule has 7 saturated heterocycles. The number of carbonyl (C=O) groups excluding carboxylic acids is 6. The molecule has 7 aliphatic heterocycles. The number of ketones is 2. The van der Waals surface area contributed by atoms with Gasteiger partial charge in [-0.25, -0.2) is 47.3 Å². The third-order valence-electron chi connectivity index (χ3n) is 21.7. The van der Waals surface area contributed by atoms with Crippen LogP contribution < -0.4 is 81.4 Å². The summed E-state index contributed by atoms with van der Waals surface area (Å²) in [6.45, 7) is 11.3. The summed E-state index contributed by atoms with van der Waals surface area (Å²) in [6, 6.07) is 47.2. The second-order valence-corrected chi connectivity index (χ2v) is 28.8. The number of amides is 4. The van der Waals surface area contributed by atoms with Crippen LogP contribution in [0.5, 0.6) is 0 Å². The van der Waals surface area contributed by atoms with Crippen molar-refractivity contribution in [3.8, 4) is 22.8 Å². The van der Waals surface area contributed by atoms with Gasteiger partial charge in [-0.15, -0.1) is 10.2 Å². The predicted octanol–water partition coefficient (Wildman–Crippen LogP) is 4.59. The Bertz CT molecular complexity index is 5080. The summed E-state index contributed by atoms with van der Waals surface area (Å²) >= 11 is 0. The number of nitrogens with zero attached hydrogens (tertiary/aromatic N) is 15. The van der Waals surface area contributed by atoms with E-state index in [9.17, 15) is 41.9 Å². The molecule has 8 fully saturated rings. The molecule has 10 aromatic rings. The number of imide groups is 1. The van der Waals surface area contributed by atoms with Crippen molar-refractivity contribution in [2.24, 2.45) is 0 Å². The fraction of sp³-hybridized carbons (Fsp3) is 0.358. The van der Waals surface area contributed by atoms with Crippen LogP contribution in [0.2, 0.25) is 0 Å². The average Bonchev–Trinajstić information content (AvgIpc) is 1.65. The molecular weight excluding hydrogens is 1450 g/mol. The van der Waals surface area contributed by atoms with E-state index in [1.165, 1.54) is 33.6 Å². The third-order valence-corrected chi connectivity index (χ3v) is 21.7. The Morgan fingerprint density at radius 1 is 0.468 bits per heavy atom. The van der Waals surface area contributed by atoms with Gasteiger partial charge in [0.2, 0.25) is 17.8 Å². The normalized spacial score (nSPS) is 21.7. The monoisotopic (exact) mass is 1540 g/mol. The summed E-state index contributed by atoms with van der Waals surface area (Å²) in [5.41, 5.74) is 10.2. The number of pyridine rings is 2. The van der Waals surface area contributed by atoms with Crippen molar-refractivity contribution in [1.82, 2.24) is 69.4 Å². The Morgan fingerprint density at radius 3 is 1.51 bits per heavy atom. The van der Waals surface area contributed by atoms with Gasteiger partial charge in [0.05, 0.1) is 61.4 Å². The SMILES string of the molecule is Fc1cccc([C@H]2CCCN2c2ccc3ncc(-c4cccc(F)n4)n3n2)c1.O=C1CCC(N2C[C@H](c3cccc(CN4CCN(c5cccc(-c6cnc7ccc(N8CCC[C@@H]8c8cccc(F)c8)nn67)n5)CC4)c3)OC2=O)C(=O)C1.O=C1CCC(N2C[C@H](c3cccc(CN4CCNCC4)c3)OC2=O)C(=O)N1.[F-].[K+]. The molecule has 111 heavy (non-hydrogen) atoms. The number of halogens is 4. The van der Waals surface area contributed by atoms with Crippen molar-refractivity contribution in [2.75, 3.05) is 93.2 Å². The van der Waals surface area contributed by atoms with Crippen LogP contribution in [-0.2, 0) is 41.7 Å². The van der Waals surface area contributed by atoms with Gasteiger partial charge in [-0.3, -0.25) is 44.1 Å². The van der Waals surface area contributed by atoms with Crippen LogP contribution in [0.4, 0.5) is 40.2 Å². The maximum Gasteiger partial charge on any atom is 1.00 e. The molecule has 4 aromatic carbocycles. The summed E-state index contributed by atoms with van der Waals surface area (Å²) < 4.78 is 56.1. The van der Waals surface area contributed by atoms with Gasteiger partial charge in [0, 0.05) is 91.4 Å². The van der Waals surface area contributed by atoms with Crippen LogP contribution in [0.1, 0.15) is 115 Å². The molecule has 30 heteroatoms. The molecule has 8 aliphatic rings. The van der Waals surface area contributed by atoms with Crippen LogP contribution in [0.15, 0.2) is 170 Å². The Balaban J connectivity index is 0.000000151. The minimum Gasteiger partial charge on any atom is -1.00 e. The zero-order chi connectivity index (χ0) is 74.7. The molecule has 4 amide bonds. The van der Waals surface area contributed by atoms with Crippen LogP contribution >= 0.6 is 0 Å². The molecule has 25 nitrogen and oxygen atoms in total. The first-order chi connectivity index (χ1) is 53.1. The number of carbonyl (C=O) groups is 6. The Labute approximate surface area is 680 Å². The minimum atomic E-state index is -0.635. The number of piperazine rings is 2. The number of ether oxygens (including phenoxy) is 2. The van der Waals surface area contributed by atoms with Gasteiger partial charge in [-0.05, 0) is 145 Å². The summed E-state index contributed by atoms with van der Waals surface area (Å²) in [7, 11) is 0. The predicted molar refractivity (Wildman–Crippen MR) is 398 cm³/mol. The number of nitrogens with one attached hydrogen (secondary N) is 2. The van der Waals surface area contributed by atoms with E-state index >= 15 is 0 Å². The number of benzene rings is 4. The van der Waals surface area contributed by atoms with Crippen molar-refractivity contribution < 1.29 is 108 Å². The second-order valence-electron chi connectivity index (χ2n) is 28.8. The molecule has 0 spiro atoms. The smallest absolute Gasteiger partial charge is 1.00 e. The van der Waals surface area contributed by atoms with Crippen molar-refractivity contribution in [3.05, 3.63) is 221 Å². The number of cyclic esters (lactones) is 2. The van der Waals surface area contributed by atoms with Crippen molar-refractivity contribution >= 4 is 64.3 Å². The summed E-state index contributed by atoms with van der Waals surface area (Å²) in [6.07, 6.45) is 6.66. The number of aromatic nitrogens is 8. The summed E-state index contributed by atoms with van der Waals surface area (Å²) in [5.74, 6) is 0.520. The molecule has 13 heterocycles. The number of hydrogen-bond acceptors (Lipinski definition) is 20. The first-order valence-electron chi connectivity index (χ1n) is 37.4. The molecule has 6 aromatic heterocycles. The molecular formula is C81H82F4KN17O8. The largest absolute Gasteiger partial charge is 1.00 e. The summed E-state index contributed by atoms with van der Waals surface area (Å²) in [4.78, 5) is 105. The Morgan fingerprint density at radius 2 is 0.973 bits per heavy atom. The molecule has 0 bridgehead atoms. The van der Waals surface area contributed by atoms with E-state index in [1.807, 2.05) is 89.6 Å². The van der Waals surface area contributed by atoms with E-state index in [4.69, 9.17) is 24.7 Å². The zero-order valence-corrected chi connectivity index (χ0v) is 64.5. The number of Topliss-reactive ketones (excluding diaryl/α,β-unsaturated/α-hetero) is 2. The molecule has 2 N–H and O–H groups in total. The fourth-order valence-electron chi connectivity index (χ4n) is 16.2. The summed E-state index contributed by atoms with van der Waals surface area (Å²) in [5, 5.41) is 15.4. The van der Waals surface area contributed by atoms with E-state index in [1.54, 1.807) is 47.1 Å². The Hall–Kier alpha value is -9.92. The number of rotatable bonds is 15. The quantitative estimate of drug-likeness (QED) is 0.0468. The van der Waals surface area contributed by atoms with Gasteiger partial charge >= 0.3 is 63.6 Å². The van der Waals surface area contributed by atoms with Gasteiger partial charge in [0.1, 0.15) is 64.5 Å². The van der Waals surface area contributed by atoms with Crippen LogP contribution in [0.25, 0.3) is 34.1 Å². The molecule has 1 saturated carbocycles. The topological polar surface area (TPSA) is 254 Å². The number of fused-ring (bicyclic) bond motifs is 2. The van der Waals surface area contributed by atoms with Crippen LogP contribution in [0.3, 0.4) is 0 Å². The van der Waals surface area contributed by atoms with Gasteiger partial charge in [-0.2, -0.15) is 4.39 Å². The average molecular weight is 1540 g/mol. The van der Waals surface area contributed by atoms with Crippen molar-refractivity contribution in [2.45, 2.75) is 107 Å². The molecule has 0 radical (unpaired) electrons. The first kappa shape index (κ1) is 77.8. The standard InChI is InChI=1S/C41H41FN8O4.C21H17F2N5.C19H24N4O4.FH.K/c42-30-8-2-6-28(22-30)33-10-4-16-48(33)40-15-14-38-43-24-35(50(38)45-40)32-9-3-11-39(44-32)47-19-17-46(18-20-47)25-27-5-1-7-29(21-27)37-26-49(41(53)54-37)34-13-12-31(51)23-36(34)52;22-15-5-1-4-14(12-15)17-7-3-11-27(17)21-10-9-20-24-13-18(28(20)26-21)16-6-2-8-19(23)25-16;24-17-5-4-15(18(25)21-17)23-12-16(27-19(23)26)14-3-1-2-13(10-14)11-22-8-6-20-7-9-22;;/h1-3,5-9,11,14-15,21-22,24,33-34,37H,4,10,12-13,16-20,23,25-26H2;1-2,4-6,8-10,12-13,17H,3,7,11H2;1-3,10,15-16,20H,4-9,11-12H2,(H,21,24,25);1H;/q;;;;+1/p-1/t33-,34?,37-;17-;15?,16-;;/m111../s1.